The standard InChI is InChI=1S/C18H28N4O.HI/c1-6-18(7-2)13-22(15-11-9-8-10-14(15)18)17(19-3)20-12-16(23)21(4)5;/h8-11H,6-7,12-13H2,1-5H3,(H,19,20);1H. The van der Waals surface area contributed by atoms with E-state index in [1.807, 2.05) is 0 Å². The highest BCUT2D eigenvalue weighted by molar-refractivity contribution is 14.0. The Morgan fingerprint density at radius 1 is 1.29 bits per heavy atom. The third-order valence-electron chi connectivity index (χ3n) is 4.94. The van der Waals surface area contributed by atoms with Crippen molar-refractivity contribution in [3.8, 4) is 0 Å². The number of amides is 1. The molecule has 0 spiro atoms. The summed E-state index contributed by atoms with van der Waals surface area (Å²) in [6.07, 6.45) is 2.18. The molecule has 0 radical (unpaired) electrons. The molecule has 1 amide bonds. The van der Waals surface area contributed by atoms with Crippen LogP contribution in [-0.2, 0) is 10.2 Å². The molecule has 0 aromatic heterocycles. The maximum absolute atomic E-state index is 11.9. The van der Waals surface area contributed by atoms with Crippen molar-refractivity contribution < 1.29 is 4.79 Å². The molecule has 5 nitrogen and oxygen atoms in total. The summed E-state index contributed by atoms with van der Waals surface area (Å²) in [5.41, 5.74) is 2.73. The summed E-state index contributed by atoms with van der Waals surface area (Å²) < 4.78 is 0. The van der Waals surface area contributed by atoms with Crippen LogP contribution in [0.15, 0.2) is 29.3 Å². The summed E-state index contributed by atoms with van der Waals surface area (Å²) >= 11 is 0. The van der Waals surface area contributed by atoms with Crippen molar-refractivity contribution in [2.24, 2.45) is 4.99 Å². The molecule has 1 aromatic rings. The van der Waals surface area contributed by atoms with Crippen LogP contribution in [0, 0.1) is 0 Å². The number of carbonyl (C=O) groups excluding carboxylic acids is 1. The number of halogens is 1. The molecule has 0 atom stereocenters. The molecular weight excluding hydrogens is 415 g/mol. The van der Waals surface area contributed by atoms with Crippen LogP contribution in [-0.4, -0.2) is 51.0 Å². The third-order valence-corrected chi connectivity index (χ3v) is 4.94. The molecule has 0 fully saturated rings. The van der Waals surface area contributed by atoms with E-state index >= 15 is 0 Å². The summed E-state index contributed by atoms with van der Waals surface area (Å²) in [7, 11) is 5.29. The first-order valence-corrected chi connectivity index (χ1v) is 8.27. The molecule has 0 bridgehead atoms. The van der Waals surface area contributed by atoms with Crippen molar-refractivity contribution in [1.82, 2.24) is 10.2 Å². The maximum Gasteiger partial charge on any atom is 0.241 e. The zero-order chi connectivity index (χ0) is 17.0. The van der Waals surface area contributed by atoms with Crippen molar-refractivity contribution >= 4 is 41.5 Å². The number of benzene rings is 1. The van der Waals surface area contributed by atoms with Gasteiger partial charge in [0.25, 0.3) is 0 Å². The number of hydrogen-bond acceptors (Lipinski definition) is 2. The normalized spacial score (nSPS) is 15.5. The Bertz CT molecular complexity index is 596. The number of guanidine groups is 1. The predicted octanol–water partition coefficient (Wildman–Crippen LogP) is 2.85. The highest BCUT2D eigenvalue weighted by atomic mass is 127. The number of anilines is 1. The summed E-state index contributed by atoms with van der Waals surface area (Å²) in [5.74, 6) is 0.798. The molecule has 0 saturated carbocycles. The lowest BCUT2D eigenvalue weighted by molar-refractivity contribution is -0.127. The first-order valence-electron chi connectivity index (χ1n) is 8.27. The van der Waals surface area contributed by atoms with E-state index in [0.29, 0.717) is 0 Å². The Kier molecular flexibility index (Phi) is 7.51. The van der Waals surface area contributed by atoms with Gasteiger partial charge in [-0.05, 0) is 24.5 Å². The van der Waals surface area contributed by atoms with Crippen LogP contribution in [0.5, 0.6) is 0 Å². The number of fused-ring (bicyclic) bond motifs is 1. The Balaban J connectivity index is 0.00000288. The summed E-state index contributed by atoms with van der Waals surface area (Å²) in [4.78, 5) is 20.0. The molecule has 1 N–H and O–H groups in total. The molecule has 0 saturated heterocycles. The van der Waals surface area contributed by atoms with Crippen molar-refractivity contribution in [3.63, 3.8) is 0 Å². The van der Waals surface area contributed by atoms with E-state index in [1.165, 1.54) is 11.3 Å². The molecule has 24 heavy (non-hydrogen) atoms. The van der Waals surface area contributed by atoms with Crippen LogP contribution in [0.4, 0.5) is 5.69 Å². The van der Waals surface area contributed by atoms with E-state index in [1.54, 1.807) is 26.0 Å². The van der Waals surface area contributed by atoms with E-state index in [9.17, 15) is 4.79 Å². The quantitative estimate of drug-likeness (QED) is 0.442. The number of nitrogens with one attached hydrogen (secondary N) is 1. The van der Waals surface area contributed by atoms with Crippen LogP contribution in [0.2, 0.25) is 0 Å². The number of nitrogens with zero attached hydrogens (tertiary/aromatic N) is 3. The highest BCUT2D eigenvalue weighted by Crippen LogP contribution is 2.44. The number of likely N-dealkylation sites (N-methyl/N-ethyl adjacent to an activating group) is 1. The molecule has 6 heteroatoms. The average molecular weight is 444 g/mol. The second-order valence-electron chi connectivity index (χ2n) is 6.28. The molecular formula is C18H29IN4O. The van der Waals surface area contributed by atoms with Crippen LogP contribution >= 0.6 is 24.0 Å². The lowest BCUT2D eigenvalue weighted by Crippen LogP contribution is -2.46. The minimum Gasteiger partial charge on any atom is -0.347 e. The maximum atomic E-state index is 11.9. The minimum atomic E-state index is 0. The van der Waals surface area contributed by atoms with Gasteiger partial charge in [-0.25, -0.2) is 0 Å². The number of aliphatic imine (C=N–C) groups is 1. The van der Waals surface area contributed by atoms with Crippen LogP contribution in [0.3, 0.4) is 0 Å². The fourth-order valence-corrected chi connectivity index (χ4v) is 3.28. The molecule has 0 unspecified atom stereocenters. The van der Waals surface area contributed by atoms with Gasteiger partial charge in [0.1, 0.15) is 0 Å². The molecule has 0 aliphatic carbocycles. The minimum absolute atomic E-state index is 0. The van der Waals surface area contributed by atoms with Gasteiger partial charge in [0.05, 0.1) is 6.54 Å². The topological polar surface area (TPSA) is 47.9 Å². The first kappa shape index (κ1) is 20.7. The van der Waals surface area contributed by atoms with Crippen molar-refractivity contribution in [2.75, 3.05) is 39.1 Å². The van der Waals surface area contributed by atoms with Crippen molar-refractivity contribution in [3.05, 3.63) is 29.8 Å². The van der Waals surface area contributed by atoms with Gasteiger partial charge in [0, 0.05) is 38.8 Å². The number of rotatable bonds is 4. The van der Waals surface area contributed by atoms with Gasteiger partial charge in [-0.3, -0.25) is 9.79 Å². The Morgan fingerprint density at radius 3 is 2.46 bits per heavy atom. The highest BCUT2D eigenvalue weighted by Gasteiger charge is 2.41. The Morgan fingerprint density at radius 2 is 1.92 bits per heavy atom. The van der Waals surface area contributed by atoms with Crippen LogP contribution in [0.1, 0.15) is 32.3 Å². The second kappa shape index (κ2) is 8.69. The molecule has 1 aliphatic heterocycles. The van der Waals surface area contributed by atoms with Gasteiger partial charge in [-0.1, -0.05) is 32.0 Å². The zero-order valence-corrected chi connectivity index (χ0v) is 17.6. The molecule has 1 aromatic carbocycles. The van der Waals surface area contributed by atoms with Gasteiger partial charge in [-0.15, -0.1) is 24.0 Å². The van der Waals surface area contributed by atoms with E-state index in [2.05, 4.69) is 53.3 Å². The summed E-state index contributed by atoms with van der Waals surface area (Å²) in [6.45, 7) is 5.64. The Labute approximate surface area is 162 Å². The van der Waals surface area contributed by atoms with Crippen LogP contribution < -0.4 is 10.2 Å². The zero-order valence-electron chi connectivity index (χ0n) is 15.3. The first-order chi connectivity index (χ1) is 11.0. The number of para-hydroxylation sites is 1. The lowest BCUT2D eigenvalue weighted by atomic mass is 9.78. The summed E-state index contributed by atoms with van der Waals surface area (Å²) in [6, 6.07) is 8.53. The summed E-state index contributed by atoms with van der Waals surface area (Å²) in [5, 5.41) is 3.20. The number of hydrogen-bond donors (Lipinski definition) is 1. The molecule has 1 aliphatic rings. The van der Waals surface area contributed by atoms with Gasteiger partial charge >= 0.3 is 0 Å². The third kappa shape index (κ3) is 3.84. The molecule has 1 heterocycles. The van der Waals surface area contributed by atoms with E-state index < -0.39 is 0 Å². The Hall–Kier alpha value is -1.31. The fourth-order valence-electron chi connectivity index (χ4n) is 3.28. The van der Waals surface area contributed by atoms with Gasteiger partial charge in [0.15, 0.2) is 5.96 Å². The van der Waals surface area contributed by atoms with Gasteiger partial charge < -0.3 is 15.1 Å². The largest absolute Gasteiger partial charge is 0.347 e. The van der Waals surface area contributed by atoms with Gasteiger partial charge in [0.2, 0.25) is 5.91 Å². The number of carbonyl (C=O) groups is 1. The second-order valence-corrected chi connectivity index (χ2v) is 6.28. The van der Waals surface area contributed by atoms with E-state index in [-0.39, 0.29) is 41.8 Å². The van der Waals surface area contributed by atoms with E-state index in [4.69, 9.17) is 0 Å². The van der Waals surface area contributed by atoms with E-state index in [0.717, 1.165) is 25.3 Å². The molecule has 2 rings (SSSR count). The van der Waals surface area contributed by atoms with Crippen molar-refractivity contribution in [2.45, 2.75) is 32.1 Å². The monoisotopic (exact) mass is 444 g/mol. The van der Waals surface area contributed by atoms with Gasteiger partial charge in [-0.2, -0.15) is 0 Å². The smallest absolute Gasteiger partial charge is 0.241 e. The predicted molar refractivity (Wildman–Crippen MR) is 112 cm³/mol. The molecule has 134 valence electrons. The average Bonchev–Trinajstić information content (AvgIpc) is 2.90. The SMILES string of the molecule is CCC1(CC)CN(C(=NC)NCC(=O)N(C)C)c2ccccc21.I. The fraction of sp³-hybridized carbons (Fsp3) is 0.556. The lowest BCUT2D eigenvalue weighted by Gasteiger charge is -2.29. The van der Waals surface area contributed by atoms with Crippen LogP contribution in [0.25, 0.3) is 0 Å². The van der Waals surface area contributed by atoms with Crippen molar-refractivity contribution in [1.29, 1.82) is 0 Å².